The summed E-state index contributed by atoms with van der Waals surface area (Å²) in [4.78, 5) is 14.1. The lowest BCUT2D eigenvalue weighted by Gasteiger charge is -2.14. The number of ether oxygens (including phenoxy) is 1. The third kappa shape index (κ3) is 3.29. The summed E-state index contributed by atoms with van der Waals surface area (Å²) in [5.41, 5.74) is 0.849. The van der Waals surface area contributed by atoms with Gasteiger partial charge >= 0.3 is 0 Å². The van der Waals surface area contributed by atoms with E-state index < -0.39 is 0 Å². The van der Waals surface area contributed by atoms with Crippen molar-refractivity contribution in [3.05, 3.63) is 36.0 Å². The second-order valence-corrected chi connectivity index (χ2v) is 6.32. The van der Waals surface area contributed by atoms with E-state index in [2.05, 4.69) is 10.3 Å². The van der Waals surface area contributed by atoms with Gasteiger partial charge in [-0.15, -0.1) is 5.10 Å². The minimum atomic E-state index is -0.0643. The van der Waals surface area contributed by atoms with Gasteiger partial charge in [0, 0.05) is 19.7 Å². The topological polar surface area (TPSA) is 73.4 Å². The molecular formula is C16H20N4O3. The molecule has 1 aliphatic carbocycles. The number of carbonyl (C=O) groups excluding carboxylic acids is 1. The van der Waals surface area contributed by atoms with Crippen LogP contribution >= 0.6 is 0 Å². The normalized spacial score (nSPS) is 21.0. The first kappa shape index (κ1) is 14.4. The molecule has 0 spiro atoms. The van der Waals surface area contributed by atoms with Crippen LogP contribution in [0.3, 0.4) is 0 Å². The molecule has 3 heterocycles. The number of rotatable bonds is 6. The quantitative estimate of drug-likeness (QED) is 0.813. The highest BCUT2D eigenvalue weighted by Gasteiger charge is 2.30. The zero-order valence-corrected chi connectivity index (χ0v) is 12.9. The van der Waals surface area contributed by atoms with Crippen LogP contribution in [0.15, 0.2) is 29.0 Å². The standard InChI is InChI=1S/C16H20N4O3/c21-16(15-2-1-7-23-15)19-6-5-14(9-19)20-8-13(17-18-20)11-22-10-12-3-4-12/h1-2,7-8,12,14H,3-6,9-11H2. The Hall–Kier alpha value is -2.15. The van der Waals surface area contributed by atoms with E-state index in [0.717, 1.165) is 24.6 Å². The van der Waals surface area contributed by atoms with Crippen LogP contribution in [0.25, 0.3) is 0 Å². The number of likely N-dealkylation sites (tertiary alicyclic amines) is 1. The second kappa shape index (κ2) is 6.16. The van der Waals surface area contributed by atoms with Crippen molar-refractivity contribution < 1.29 is 13.9 Å². The minimum Gasteiger partial charge on any atom is -0.459 e. The largest absolute Gasteiger partial charge is 0.459 e. The molecule has 2 aromatic rings. The van der Waals surface area contributed by atoms with Gasteiger partial charge in [-0.25, -0.2) is 4.68 Å². The summed E-state index contributed by atoms with van der Waals surface area (Å²) >= 11 is 0. The first-order chi connectivity index (χ1) is 11.3. The smallest absolute Gasteiger partial charge is 0.289 e. The number of nitrogens with zero attached hydrogens (tertiary/aromatic N) is 4. The van der Waals surface area contributed by atoms with E-state index in [-0.39, 0.29) is 11.9 Å². The molecule has 1 aliphatic heterocycles. The Bertz CT molecular complexity index is 663. The van der Waals surface area contributed by atoms with Crippen molar-refractivity contribution in [2.24, 2.45) is 5.92 Å². The van der Waals surface area contributed by atoms with Crippen LogP contribution in [-0.4, -0.2) is 45.5 Å². The van der Waals surface area contributed by atoms with Gasteiger partial charge in [0.15, 0.2) is 5.76 Å². The summed E-state index contributed by atoms with van der Waals surface area (Å²) in [6, 6.07) is 3.59. The van der Waals surface area contributed by atoms with E-state index in [4.69, 9.17) is 9.15 Å². The monoisotopic (exact) mass is 316 g/mol. The lowest BCUT2D eigenvalue weighted by atomic mass is 10.3. The van der Waals surface area contributed by atoms with Crippen molar-refractivity contribution in [3.63, 3.8) is 0 Å². The van der Waals surface area contributed by atoms with Crippen LogP contribution in [0.5, 0.6) is 0 Å². The highest BCUT2D eigenvalue weighted by Crippen LogP contribution is 2.29. The Morgan fingerprint density at radius 1 is 1.39 bits per heavy atom. The molecule has 2 aromatic heterocycles. The molecule has 0 aromatic carbocycles. The number of carbonyl (C=O) groups is 1. The second-order valence-electron chi connectivity index (χ2n) is 6.32. The Labute approximate surface area is 134 Å². The van der Waals surface area contributed by atoms with E-state index in [0.29, 0.717) is 25.5 Å². The molecule has 4 rings (SSSR count). The van der Waals surface area contributed by atoms with Crippen molar-refractivity contribution >= 4 is 5.91 Å². The lowest BCUT2D eigenvalue weighted by molar-refractivity contribution is 0.0755. The predicted molar refractivity (Wildman–Crippen MR) is 80.7 cm³/mol. The maximum Gasteiger partial charge on any atom is 0.289 e. The number of furan rings is 1. The molecule has 0 N–H and O–H groups in total. The average molecular weight is 316 g/mol. The molecule has 2 aliphatic rings. The van der Waals surface area contributed by atoms with Crippen LogP contribution in [-0.2, 0) is 11.3 Å². The van der Waals surface area contributed by atoms with E-state index in [1.807, 2.05) is 10.9 Å². The molecule has 1 saturated carbocycles. The van der Waals surface area contributed by atoms with Gasteiger partial charge in [0.05, 0.1) is 25.1 Å². The number of hydrogen-bond donors (Lipinski definition) is 0. The lowest BCUT2D eigenvalue weighted by Crippen LogP contribution is -2.28. The fourth-order valence-corrected chi connectivity index (χ4v) is 2.87. The summed E-state index contributed by atoms with van der Waals surface area (Å²) in [7, 11) is 0. The van der Waals surface area contributed by atoms with Gasteiger partial charge < -0.3 is 14.1 Å². The molecule has 1 saturated heterocycles. The van der Waals surface area contributed by atoms with Gasteiger partial charge in [0.1, 0.15) is 5.69 Å². The fourth-order valence-electron chi connectivity index (χ4n) is 2.87. The average Bonchev–Trinajstić information content (AvgIpc) is 3.05. The van der Waals surface area contributed by atoms with E-state index >= 15 is 0 Å². The Balaban J connectivity index is 1.32. The van der Waals surface area contributed by atoms with Gasteiger partial charge in [-0.1, -0.05) is 5.21 Å². The molecule has 0 radical (unpaired) electrons. The van der Waals surface area contributed by atoms with E-state index in [9.17, 15) is 4.79 Å². The molecule has 23 heavy (non-hydrogen) atoms. The molecule has 0 bridgehead atoms. The molecular weight excluding hydrogens is 296 g/mol. The number of hydrogen-bond acceptors (Lipinski definition) is 5. The summed E-state index contributed by atoms with van der Waals surface area (Å²) in [5.74, 6) is 1.07. The van der Waals surface area contributed by atoms with Gasteiger partial charge in [0.25, 0.3) is 5.91 Å². The van der Waals surface area contributed by atoms with E-state index in [1.54, 1.807) is 17.0 Å². The molecule has 1 atom stereocenters. The molecule has 1 unspecified atom stereocenters. The Morgan fingerprint density at radius 3 is 3.09 bits per heavy atom. The van der Waals surface area contributed by atoms with Crippen LogP contribution < -0.4 is 0 Å². The summed E-state index contributed by atoms with van der Waals surface area (Å²) < 4.78 is 12.7. The first-order valence-electron chi connectivity index (χ1n) is 8.11. The third-order valence-corrected chi connectivity index (χ3v) is 4.41. The minimum absolute atomic E-state index is 0.0643. The first-order valence-corrected chi connectivity index (χ1v) is 8.11. The third-order valence-electron chi connectivity index (χ3n) is 4.41. The molecule has 122 valence electrons. The van der Waals surface area contributed by atoms with Crippen LogP contribution in [0.2, 0.25) is 0 Å². The van der Waals surface area contributed by atoms with Crippen molar-refractivity contribution in [1.82, 2.24) is 19.9 Å². The molecule has 1 amide bonds. The van der Waals surface area contributed by atoms with Crippen molar-refractivity contribution in [1.29, 1.82) is 0 Å². The van der Waals surface area contributed by atoms with Crippen molar-refractivity contribution in [2.45, 2.75) is 31.9 Å². The summed E-state index contributed by atoms with van der Waals surface area (Å²) in [6.07, 6.45) is 6.89. The summed E-state index contributed by atoms with van der Waals surface area (Å²) in [6.45, 7) is 2.67. The summed E-state index contributed by atoms with van der Waals surface area (Å²) in [5, 5.41) is 8.36. The molecule has 7 heteroatoms. The predicted octanol–water partition coefficient (Wildman–Crippen LogP) is 1.88. The van der Waals surface area contributed by atoms with Crippen LogP contribution in [0.4, 0.5) is 0 Å². The Morgan fingerprint density at radius 2 is 2.30 bits per heavy atom. The van der Waals surface area contributed by atoms with Gasteiger partial charge in [0.2, 0.25) is 0 Å². The highest BCUT2D eigenvalue weighted by molar-refractivity contribution is 5.91. The van der Waals surface area contributed by atoms with Gasteiger partial charge in [-0.3, -0.25) is 4.79 Å². The maximum atomic E-state index is 12.3. The SMILES string of the molecule is O=C(c1ccco1)N1CCC(n2cc(COCC3CC3)nn2)C1. The highest BCUT2D eigenvalue weighted by atomic mass is 16.5. The van der Waals surface area contributed by atoms with Crippen molar-refractivity contribution in [2.75, 3.05) is 19.7 Å². The molecule has 7 nitrogen and oxygen atoms in total. The number of aromatic nitrogens is 3. The molecule has 2 fully saturated rings. The van der Waals surface area contributed by atoms with Gasteiger partial charge in [-0.2, -0.15) is 0 Å². The van der Waals surface area contributed by atoms with Crippen LogP contribution in [0.1, 0.15) is 41.6 Å². The van der Waals surface area contributed by atoms with Crippen molar-refractivity contribution in [3.8, 4) is 0 Å². The fraction of sp³-hybridized carbons (Fsp3) is 0.562. The maximum absolute atomic E-state index is 12.3. The zero-order chi connectivity index (χ0) is 15.6. The zero-order valence-electron chi connectivity index (χ0n) is 12.9. The number of amides is 1. The van der Waals surface area contributed by atoms with Gasteiger partial charge in [-0.05, 0) is 37.3 Å². The Kier molecular flexibility index (Phi) is 3.87. The van der Waals surface area contributed by atoms with Crippen LogP contribution in [0, 0.1) is 5.92 Å². The van der Waals surface area contributed by atoms with E-state index in [1.165, 1.54) is 19.1 Å².